The van der Waals surface area contributed by atoms with E-state index in [-0.39, 0.29) is 6.04 Å². The Hall–Kier alpha value is -1.58. The van der Waals surface area contributed by atoms with Crippen LogP contribution >= 0.6 is 0 Å². The van der Waals surface area contributed by atoms with Gasteiger partial charge < -0.3 is 5.32 Å². The number of nitrogens with zero attached hydrogens (tertiary/aromatic N) is 1. The molecule has 19 heavy (non-hydrogen) atoms. The standard InChI is InChI=1S/C10H12FN3O4S/c11-9-2-1-8(14(15)16)5-10(9)19(17,18)13-7-3-4-12-6-7/h1-2,5,7,12-13H,3-4,6H2/t7-/m0/s1. The third-order valence-electron chi connectivity index (χ3n) is 2.80. The first-order valence-corrected chi connectivity index (χ1v) is 7.05. The highest BCUT2D eigenvalue weighted by Crippen LogP contribution is 2.21. The first-order valence-electron chi connectivity index (χ1n) is 5.57. The van der Waals surface area contributed by atoms with Crippen LogP contribution in [0.5, 0.6) is 0 Å². The van der Waals surface area contributed by atoms with E-state index in [9.17, 15) is 22.9 Å². The van der Waals surface area contributed by atoms with Gasteiger partial charge in [0.1, 0.15) is 10.7 Å². The molecule has 1 saturated heterocycles. The fourth-order valence-electron chi connectivity index (χ4n) is 1.85. The molecule has 0 amide bonds. The van der Waals surface area contributed by atoms with Crippen molar-refractivity contribution in [1.29, 1.82) is 0 Å². The van der Waals surface area contributed by atoms with Gasteiger partial charge in [-0.2, -0.15) is 0 Å². The van der Waals surface area contributed by atoms with Crippen molar-refractivity contribution >= 4 is 15.7 Å². The van der Waals surface area contributed by atoms with E-state index in [1.807, 2.05) is 0 Å². The molecule has 0 aliphatic carbocycles. The molecule has 0 unspecified atom stereocenters. The average Bonchev–Trinajstić information content (AvgIpc) is 2.81. The van der Waals surface area contributed by atoms with Gasteiger partial charge in [0.2, 0.25) is 10.0 Å². The number of hydrogen-bond donors (Lipinski definition) is 2. The van der Waals surface area contributed by atoms with Gasteiger partial charge >= 0.3 is 0 Å². The number of nitrogens with one attached hydrogen (secondary N) is 2. The molecular weight excluding hydrogens is 277 g/mol. The third-order valence-corrected chi connectivity index (χ3v) is 4.33. The number of benzene rings is 1. The van der Waals surface area contributed by atoms with Gasteiger partial charge in [-0.05, 0) is 19.0 Å². The molecule has 0 spiro atoms. The highest BCUT2D eigenvalue weighted by Gasteiger charge is 2.26. The number of non-ortho nitro benzene ring substituents is 1. The van der Waals surface area contributed by atoms with Crippen molar-refractivity contribution in [2.45, 2.75) is 17.4 Å². The Kier molecular flexibility index (Phi) is 3.78. The SMILES string of the molecule is O=[N+]([O-])c1ccc(F)c(S(=O)(=O)N[C@H]2CCNC2)c1. The second-order valence-electron chi connectivity index (χ2n) is 4.18. The Bertz CT molecular complexity index is 599. The minimum Gasteiger partial charge on any atom is -0.315 e. The summed E-state index contributed by atoms with van der Waals surface area (Å²) in [6.07, 6.45) is 0.593. The molecule has 0 radical (unpaired) electrons. The third kappa shape index (κ3) is 3.06. The molecule has 1 aromatic carbocycles. The van der Waals surface area contributed by atoms with Crippen molar-refractivity contribution in [2.24, 2.45) is 0 Å². The summed E-state index contributed by atoms with van der Waals surface area (Å²) in [6.45, 7) is 1.13. The second-order valence-corrected chi connectivity index (χ2v) is 5.87. The van der Waals surface area contributed by atoms with Crippen LogP contribution in [0.1, 0.15) is 6.42 Å². The van der Waals surface area contributed by atoms with E-state index in [0.717, 1.165) is 18.2 Å². The van der Waals surface area contributed by atoms with Crippen molar-refractivity contribution < 1.29 is 17.7 Å². The van der Waals surface area contributed by atoms with Crippen LogP contribution in [-0.2, 0) is 10.0 Å². The summed E-state index contributed by atoms with van der Waals surface area (Å²) in [6, 6.07) is 2.09. The Morgan fingerprint density at radius 2 is 2.21 bits per heavy atom. The molecule has 1 aliphatic heterocycles. The van der Waals surface area contributed by atoms with Gasteiger partial charge in [-0.15, -0.1) is 0 Å². The zero-order valence-corrected chi connectivity index (χ0v) is 10.6. The number of halogens is 1. The van der Waals surface area contributed by atoms with Gasteiger partial charge in [-0.3, -0.25) is 10.1 Å². The topological polar surface area (TPSA) is 101 Å². The number of hydrogen-bond acceptors (Lipinski definition) is 5. The minimum absolute atomic E-state index is 0.330. The van der Waals surface area contributed by atoms with Crippen LogP contribution < -0.4 is 10.0 Å². The van der Waals surface area contributed by atoms with Crippen LogP contribution in [-0.4, -0.2) is 32.5 Å². The molecule has 0 bridgehead atoms. The lowest BCUT2D eigenvalue weighted by atomic mass is 10.3. The van der Waals surface area contributed by atoms with Gasteiger partial charge in [0.15, 0.2) is 0 Å². The lowest BCUT2D eigenvalue weighted by molar-refractivity contribution is -0.385. The molecule has 1 fully saturated rings. The van der Waals surface area contributed by atoms with Crippen molar-refractivity contribution in [3.8, 4) is 0 Å². The van der Waals surface area contributed by atoms with E-state index >= 15 is 0 Å². The van der Waals surface area contributed by atoms with Crippen molar-refractivity contribution in [2.75, 3.05) is 13.1 Å². The first kappa shape index (κ1) is 13.8. The molecule has 1 heterocycles. The van der Waals surface area contributed by atoms with Crippen molar-refractivity contribution in [3.63, 3.8) is 0 Å². The maximum absolute atomic E-state index is 13.5. The Morgan fingerprint density at radius 3 is 2.79 bits per heavy atom. The summed E-state index contributed by atoms with van der Waals surface area (Å²) in [5.41, 5.74) is -0.466. The minimum atomic E-state index is -4.10. The molecule has 7 nitrogen and oxygen atoms in total. The Balaban J connectivity index is 2.33. The molecule has 2 N–H and O–H groups in total. The highest BCUT2D eigenvalue weighted by molar-refractivity contribution is 7.89. The van der Waals surface area contributed by atoms with Crippen LogP contribution in [0.2, 0.25) is 0 Å². The quantitative estimate of drug-likeness (QED) is 0.616. The Morgan fingerprint density at radius 1 is 1.47 bits per heavy atom. The molecule has 0 aromatic heterocycles. The van der Waals surface area contributed by atoms with Crippen molar-refractivity contribution in [3.05, 3.63) is 34.1 Å². The van der Waals surface area contributed by atoms with Gasteiger partial charge in [0.05, 0.1) is 4.92 Å². The van der Waals surface area contributed by atoms with Crippen LogP contribution in [0, 0.1) is 15.9 Å². The van der Waals surface area contributed by atoms with Crippen LogP contribution in [0.4, 0.5) is 10.1 Å². The van der Waals surface area contributed by atoms with Crippen LogP contribution in [0.15, 0.2) is 23.1 Å². The molecule has 1 aromatic rings. The summed E-state index contributed by atoms with van der Waals surface area (Å²) < 4.78 is 39.8. The van der Waals surface area contributed by atoms with Gasteiger partial charge in [-0.25, -0.2) is 17.5 Å². The second kappa shape index (κ2) is 5.19. The summed E-state index contributed by atoms with van der Waals surface area (Å²) >= 11 is 0. The van der Waals surface area contributed by atoms with E-state index in [2.05, 4.69) is 10.0 Å². The normalized spacial score (nSPS) is 19.5. The lowest BCUT2D eigenvalue weighted by Crippen LogP contribution is -2.36. The molecule has 2 rings (SSSR count). The molecule has 1 atom stereocenters. The largest absolute Gasteiger partial charge is 0.315 e. The van der Waals surface area contributed by atoms with Crippen molar-refractivity contribution in [1.82, 2.24) is 10.0 Å². The predicted molar refractivity (Wildman–Crippen MR) is 64.7 cm³/mol. The van der Waals surface area contributed by atoms with Gasteiger partial charge in [-0.1, -0.05) is 0 Å². The number of nitro benzene ring substituents is 1. The molecule has 104 valence electrons. The van der Waals surface area contributed by atoms with E-state index in [0.29, 0.717) is 19.5 Å². The highest BCUT2D eigenvalue weighted by atomic mass is 32.2. The smallest absolute Gasteiger partial charge is 0.270 e. The molecule has 9 heteroatoms. The van der Waals surface area contributed by atoms with E-state index in [4.69, 9.17) is 0 Å². The van der Waals surface area contributed by atoms with Crippen LogP contribution in [0.3, 0.4) is 0 Å². The average molecular weight is 289 g/mol. The Labute approximate surface area is 109 Å². The summed E-state index contributed by atoms with van der Waals surface area (Å²) in [5.74, 6) is -1.01. The zero-order chi connectivity index (χ0) is 14.0. The predicted octanol–water partition coefficient (Wildman–Crippen LogP) is 0.374. The molecular formula is C10H12FN3O4S. The monoisotopic (exact) mass is 289 g/mol. The maximum Gasteiger partial charge on any atom is 0.270 e. The molecule has 1 aliphatic rings. The zero-order valence-electron chi connectivity index (χ0n) is 9.80. The van der Waals surface area contributed by atoms with Crippen LogP contribution in [0.25, 0.3) is 0 Å². The van der Waals surface area contributed by atoms with E-state index < -0.39 is 31.3 Å². The van der Waals surface area contributed by atoms with Gasteiger partial charge in [0, 0.05) is 24.7 Å². The number of sulfonamides is 1. The fourth-order valence-corrected chi connectivity index (χ4v) is 3.22. The lowest BCUT2D eigenvalue weighted by Gasteiger charge is -2.12. The summed E-state index contributed by atoms with van der Waals surface area (Å²) in [4.78, 5) is 9.13. The van der Waals surface area contributed by atoms with E-state index in [1.165, 1.54) is 0 Å². The summed E-state index contributed by atoms with van der Waals surface area (Å²) in [5, 5.41) is 13.6. The van der Waals surface area contributed by atoms with E-state index in [1.54, 1.807) is 0 Å². The fraction of sp³-hybridized carbons (Fsp3) is 0.400. The number of nitro groups is 1. The first-order chi connectivity index (χ1) is 8.90. The molecule has 0 saturated carbocycles. The number of rotatable bonds is 4. The maximum atomic E-state index is 13.5. The summed E-state index contributed by atoms with van der Waals surface area (Å²) in [7, 11) is -4.10. The van der Waals surface area contributed by atoms with Gasteiger partial charge in [0.25, 0.3) is 5.69 Å².